The Labute approximate surface area is 100 Å². The van der Waals surface area contributed by atoms with Crippen LogP contribution < -0.4 is 0 Å². The van der Waals surface area contributed by atoms with Crippen LogP contribution in [0.2, 0.25) is 0 Å². The Bertz CT molecular complexity index is 406. The van der Waals surface area contributed by atoms with Gasteiger partial charge < -0.3 is 14.4 Å². The van der Waals surface area contributed by atoms with Gasteiger partial charge in [0.1, 0.15) is 6.61 Å². The van der Waals surface area contributed by atoms with Gasteiger partial charge in [-0.25, -0.2) is 4.79 Å². The van der Waals surface area contributed by atoms with Crippen LogP contribution in [0.5, 0.6) is 0 Å². The van der Waals surface area contributed by atoms with Crippen LogP contribution in [-0.4, -0.2) is 36.3 Å². The van der Waals surface area contributed by atoms with Gasteiger partial charge in [0.2, 0.25) is 0 Å². The van der Waals surface area contributed by atoms with E-state index in [0.717, 1.165) is 12.0 Å². The van der Waals surface area contributed by atoms with E-state index in [1.807, 2.05) is 30.3 Å². The Kier molecular flexibility index (Phi) is 2.73. The minimum absolute atomic E-state index is 0.218. The number of benzene rings is 1. The van der Waals surface area contributed by atoms with Crippen LogP contribution in [-0.2, 0) is 16.1 Å². The van der Waals surface area contributed by atoms with Gasteiger partial charge in [-0.3, -0.25) is 0 Å². The second kappa shape index (κ2) is 4.37. The summed E-state index contributed by atoms with van der Waals surface area (Å²) in [6.07, 6.45) is 0.967. The largest absolute Gasteiger partial charge is 0.445 e. The Morgan fingerprint density at radius 2 is 2.24 bits per heavy atom. The average Bonchev–Trinajstić information content (AvgIpc) is 2.99. The van der Waals surface area contributed by atoms with Crippen LogP contribution >= 0.6 is 0 Å². The van der Waals surface area contributed by atoms with Crippen LogP contribution in [0.1, 0.15) is 12.0 Å². The standard InChI is InChI=1S/C13H15NO3/c15-13(14-7-12-6-11(14)9-16-12)17-8-10-4-2-1-3-5-10/h1-5,11-12H,6-9H2. The molecule has 1 aromatic carbocycles. The number of likely N-dealkylation sites (tertiary alicyclic amines) is 1. The summed E-state index contributed by atoms with van der Waals surface area (Å²) in [4.78, 5) is 13.6. The van der Waals surface area contributed by atoms with Gasteiger partial charge in [0, 0.05) is 0 Å². The number of rotatable bonds is 2. The monoisotopic (exact) mass is 233 g/mol. The lowest BCUT2D eigenvalue weighted by Crippen LogP contribution is -2.41. The minimum atomic E-state index is -0.218. The fourth-order valence-electron chi connectivity index (χ4n) is 2.43. The van der Waals surface area contributed by atoms with Crippen molar-refractivity contribution in [2.45, 2.75) is 25.2 Å². The normalized spacial score (nSPS) is 26.2. The number of ether oxygens (including phenoxy) is 2. The lowest BCUT2D eigenvalue weighted by Gasteiger charge is -2.25. The van der Waals surface area contributed by atoms with Crippen molar-refractivity contribution < 1.29 is 14.3 Å². The van der Waals surface area contributed by atoms with E-state index in [9.17, 15) is 4.79 Å². The van der Waals surface area contributed by atoms with E-state index in [4.69, 9.17) is 9.47 Å². The molecule has 3 rings (SSSR count). The summed E-state index contributed by atoms with van der Waals surface area (Å²) in [5.74, 6) is 0. The molecule has 2 fully saturated rings. The van der Waals surface area contributed by atoms with Crippen molar-refractivity contribution in [1.29, 1.82) is 0 Å². The highest BCUT2D eigenvalue weighted by atomic mass is 16.6. The maximum absolute atomic E-state index is 11.9. The average molecular weight is 233 g/mol. The van der Waals surface area contributed by atoms with Gasteiger partial charge in [0.15, 0.2) is 0 Å². The zero-order valence-electron chi connectivity index (χ0n) is 9.54. The maximum atomic E-state index is 11.9. The SMILES string of the molecule is O=C(OCc1ccccc1)N1CC2CC1CO2. The molecule has 4 nitrogen and oxygen atoms in total. The van der Waals surface area contributed by atoms with E-state index in [0.29, 0.717) is 19.8 Å². The van der Waals surface area contributed by atoms with Crippen LogP contribution in [0, 0.1) is 0 Å². The minimum Gasteiger partial charge on any atom is -0.445 e. The van der Waals surface area contributed by atoms with Crippen LogP contribution in [0.15, 0.2) is 30.3 Å². The predicted molar refractivity (Wildman–Crippen MR) is 61.5 cm³/mol. The van der Waals surface area contributed by atoms with Crippen LogP contribution in [0.4, 0.5) is 4.79 Å². The smallest absolute Gasteiger partial charge is 0.410 e. The van der Waals surface area contributed by atoms with Crippen molar-refractivity contribution in [3.8, 4) is 0 Å². The van der Waals surface area contributed by atoms with E-state index in [2.05, 4.69) is 0 Å². The first-order chi connectivity index (χ1) is 8.33. The molecule has 0 aromatic heterocycles. The second-order valence-corrected chi connectivity index (χ2v) is 4.54. The lowest BCUT2D eigenvalue weighted by atomic mass is 10.2. The van der Waals surface area contributed by atoms with Gasteiger partial charge in [-0.15, -0.1) is 0 Å². The first-order valence-corrected chi connectivity index (χ1v) is 5.92. The highest BCUT2D eigenvalue weighted by Crippen LogP contribution is 2.28. The molecule has 1 amide bonds. The number of fused-ring (bicyclic) bond motifs is 2. The third-order valence-corrected chi connectivity index (χ3v) is 3.34. The molecule has 2 unspecified atom stereocenters. The predicted octanol–water partition coefficient (Wildman–Crippen LogP) is 1.80. The van der Waals surface area contributed by atoms with Crippen LogP contribution in [0.3, 0.4) is 0 Å². The summed E-state index contributed by atoms with van der Waals surface area (Å²) in [5.41, 5.74) is 1.02. The molecule has 1 aromatic rings. The molecule has 17 heavy (non-hydrogen) atoms. The maximum Gasteiger partial charge on any atom is 0.410 e. The molecule has 0 radical (unpaired) electrons. The topological polar surface area (TPSA) is 38.8 Å². The molecule has 90 valence electrons. The molecule has 2 aliphatic rings. The summed E-state index contributed by atoms with van der Waals surface area (Å²) in [5, 5.41) is 0. The summed E-state index contributed by atoms with van der Waals surface area (Å²) in [6.45, 7) is 1.68. The van der Waals surface area contributed by atoms with Crippen molar-refractivity contribution >= 4 is 6.09 Å². The third kappa shape index (κ3) is 2.13. The number of nitrogens with zero attached hydrogens (tertiary/aromatic N) is 1. The van der Waals surface area contributed by atoms with Crippen molar-refractivity contribution in [2.75, 3.05) is 13.2 Å². The Balaban J connectivity index is 1.54. The van der Waals surface area contributed by atoms with Gasteiger partial charge in [-0.2, -0.15) is 0 Å². The Morgan fingerprint density at radius 3 is 2.88 bits per heavy atom. The second-order valence-electron chi connectivity index (χ2n) is 4.54. The highest BCUT2D eigenvalue weighted by Gasteiger charge is 2.42. The summed E-state index contributed by atoms with van der Waals surface area (Å²) < 4.78 is 10.7. The third-order valence-electron chi connectivity index (χ3n) is 3.34. The molecule has 2 saturated heterocycles. The molecule has 0 N–H and O–H groups in total. The van der Waals surface area contributed by atoms with E-state index >= 15 is 0 Å². The molecule has 2 heterocycles. The molecule has 0 aliphatic carbocycles. The fourth-order valence-corrected chi connectivity index (χ4v) is 2.43. The number of amides is 1. The Morgan fingerprint density at radius 1 is 1.41 bits per heavy atom. The van der Waals surface area contributed by atoms with E-state index in [1.54, 1.807) is 4.90 Å². The molecule has 4 heteroatoms. The number of carbonyl (C=O) groups excluding carboxylic acids is 1. The molecular weight excluding hydrogens is 218 g/mol. The van der Waals surface area contributed by atoms with Crippen molar-refractivity contribution in [2.24, 2.45) is 0 Å². The van der Waals surface area contributed by atoms with Gasteiger partial charge in [0.25, 0.3) is 0 Å². The Hall–Kier alpha value is -1.55. The first kappa shape index (κ1) is 10.6. The zero-order valence-corrected chi connectivity index (χ0v) is 9.54. The molecular formula is C13H15NO3. The van der Waals surface area contributed by atoms with E-state index in [1.165, 1.54) is 0 Å². The number of hydrogen-bond acceptors (Lipinski definition) is 3. The van der Waals surface area contributed by atoms with E-state index in [-0.39, 0.29) is 18.2 Å². The molecule has 0 spiro atoms. The molecule has 2 aliphatic heterocycles. The van der Waals surface area contributed by atoms with Crippen LogP contribution in [0.25, 0.3) is 0 Å². The lowest BCUT2D eigenvalue weighted by molar-refractivity contribution is 0.0203. The summed E-state index contributed by atoms with van der Waals surface area (Å²) in [6, 6.07) is 9.95. The fraction of sp³-hybridized carbons (Fsp3) is 0.462. The number of morpholine rings is 1. The molecule has 2 bridgehead atoms. The summed E-state index contributed by atoms with van der Waals surface area (Å²) in [7, 11) is 0. The van der Waals surface area contributed by atoms with Crippen molar-refractivity contribution in [3.05, 3.63) is 35.9 Å². The van der Waals surface area contributed by atoms with E-state index < -0.39 is 0 Å². The van der Waals surface area contributed by atoms with Crippen molar-refractivity contribution in [1.82, 2.24) is 4.90 Å². The molecule has 2 atom stereocenters. The molecule has 0 saturated carbocycles. The first-order valence-electron chi connectivity index (χ1n) is 5.92. The summed E-state index contributed by atoms with van der Waals surface area (Å²) >= 11 is 0. The zero-order chi connectivity index (χ0) is 11.7. The number of carbonyl (C=O) groups is 1. The quantitative estimate of drug-likeness (QED) is 0.781. The highest BCUT2D eigenvalue weighted by molar-refractivity contribution is 5.68. The van der Waals surface area contributed by atoms with Crippen molar-refractivity contribution in [3.63, 3.8) is 0 Å². The van der Waals surface area contributed by atoms with Gasteiger partial charge in [0.05, 0.1) is 25.3 Å². The van der Waals surface area contributed by atoms with Gasteiger partial charge >= 0.3 is 6.09 Å². The number of hydrogen-bond donors (Lipinski definition) is 0. The van der Waals surface area contributed by atoms with Gasteiger partial charge in [-0.1, -0.05) is 30.3 Å². The van der Waals surface area contributed by atoms with Gasteiger partial charge in [-0.05, 0) is 12.0 Å².